The number of hydrogen-bond acceptors (Lipinski definition) is 2. The van der Waals surface area contributed by atoms with Crippen LogP contribution in [0, 0.1) is 0 Å². The van der Waals surface area contributed by atoms with Gasteiger partial charge in [0, 0.05) is 12.2 Å². The third-order valence-electron chi connectivity index (χ3n) is 2.88. The zero-order chi connectivity index (χ0) is 12.4. The molecule has 3 N–H and O–H groups in total. The van der Waals surface area contributed by atoms with Crippen molar-refractivity contribution in [3.8, 4) is 0 Å². The molecule has 2 rings (SSSR count). The van der Waals surface area contributed by atoms with Crippen LogP contribution in [0.1, 0.15) is 12.5 Å². The fraction of sp³-hybridized carbons (Fsp3) is 0.333. The fourth-order valence-electron chi connectivity index (χ4n) is 2.08. The van der Waals surface area contributed by atoms with E-state index in [-0.39, 0.29) is 5.91 Å². The number of primary amides is 1. The summed E-state index contributed by atoms with van der Waals surface area (Å²) < 4.78 is 0. The van der Waals surface area contributed by atoms with Gasteiger partial charge in [-0.2, -0.15) is 0 Å². The van der Waals surface area contributed by atoms with Gasteiger partial charge in [0.15, 0.2) is 0 Å². The topological polar surface area (TPSA) is 75.4 Å². The van der Waals surface area contributed by atoms with E-state index in [1.54, 1.807) is 11.8 Å². The van der Waals surface area contributed by atoms with Crippen LogP contribution in [0.15, 0.2) is 24.3 Å². The monoisotopic (exact) mass is 233 g/mol. The van der Waals surface area contributed by atoms with Crippen LogP contribution in [0.2, 0.25) is 0 Å². The van der Waals surface area contributed by atoms with Crippen molar-refractivity contribution in [2.24, 2.45) is 5.73 Å². The maximum Gasteiger partial charge on any atom is 0.312 e. The lowest BCUT2D eigenvalue weighted by molar-refractivity contribution is -0.119. The van der Waals surface area contributed by atoms with Crippen LogP contribution in [-0.4, -0.2) is 24.5 Å². The third kappa shape index (κ3) is 2.22. The molecule has 0 saturated heterocycles. The van der Waals surface area contributed by atoms with Crippen LogP contribution < -0.4 is 16.0 Å². The maximum atomic E-state index is 12.1. The minimum absolute atomic E-state index is 0.131. The molecule has 0 bridgehead atoms. The molecule has 1 atom stereocenters. The number of amides is 3. The van der Waals surface area contributed by atoms with Gasteiger partial charge in [-0.25, -0.2) is 4.79 Å². The molecule has 0 aliphatic carbocycles. The molecule has 1 aliphatic rings. The van der Waals surface area contributed by atoms with Crippen molar-refractivity contribution in [2.45, 2.75) is 19.4 Å². The lowest BCUT2D eigenvalue weighted by atomic mass is 10.2. The van der Waals surface area contributed by atoms with Crippen LogP contribution >= 0.6 is 0 Å². The van der Waals surface area contributed by atoms with Gasteiger partial charge in [-0.05, 0) is 25.0 Å². The number of benzene rings is 1. The van der Waals surface area contributed by atoms with E-state index >= 15 is 0 Å². The average molecular weight is 233 g/mol. The highest BCUT2D eigenvalue weighted by molar-refractivity contribution is 6.00. The predicted molar refractivity (Wildman–Crippen MR) is 64.7 cm³/mol. The van der Waals surface area contributed by atoms with Crippen molar-refractivity contribution in [2.75, 3.05) is 11.4 Å². The molecule has 17 heavy (non-hydrogen) atoms. The van der Waals surface area contributed by atoms with Gasteiger partial charge in [0.25, 0.3) is 0 Å². The molecule has 0 saturated carbocycles. The van der Waals surface area contributed by atoms with E-state index in [0.717, 1.165) is 17.7 Å². The molecule has 1 aromatic rings. The molecule has 0 radical (unpaired) electrons. The largest absolute Gasteiger partial charge is 0.352 e. The van der Waals surface area contributed by atoms with Gasteiger partial charge >= 0.3 is 6.03 Å². The molecule has 1 aliphatic heterocycles. The summed E-state index contributed by atoms with van der Waals surface area (Å²) in [7, 11) is 0. The Bertz CT molecular complexity index is 459. The first kappa shape index (κ1) is 11.4. The summed E-state index contributed by atoms with van der Waals surface area (Å²) in [6, 6.07) is 6.50. The van der Waals surface area contributed by atoms with Crippen molar-refractivity contribution in [1.29, 1.82) is 0 Å². The Morgan fingerprint density at radius 1 is 1.41 bits per heavy atom. The average Bonchev–Trinajstić information content (AvgIpc) is 2.70. The zero-order valence-electron chi connectivity index (χ0n) is 9.64. The van der Waals surface area contributed by atoms with Crippen molar-refractivity contribution >= 4 is 17.6 Å². The first-order valence-corrected chi connectivity index (χ1v) is 5.55. The number of nitrogens with one attached hydrogen (secondary N) is 1. The zero-order valence-corrected chi connectivity index (χ0v) is 9.64. The van der Waals surface area contributed by atoms with Crippen LogP contribution in [0.3, 0.4) is 0 Å². The smallest absolute Gasteiger partial charge is 0.312 e. The minimum Gasteiger partial charge on any atom is -0.352 e. The van der Waals surface area contributed by atoms with E-state index in [9.17, 15) is 9.59 Å². The van der Waals surface area contributed by atoms with E-state index in [2.05, 4.69) is 5.32 Å². The first-order chi connectivity index (χ1) is 8.09. The molecule has 3 amide bonds. The standard InChI is InChI=1S/C12H15N3O2/c1-8(14-12(13)17)11(16)15-7-6-9-4-2-3-5-10(9)15/h2-5,8H,6-7H2,1H3,(H3,13,14,17)/t8-/m1/s1. The van der Waals surface area contributed by atoms with Gasteiger partial charge in [-0.1, -0.05) is 18.2 Å². The summed E-state index contributed by atoms with van der Waals surface area (Å²) in [6.45, 7) is 2.29. The molecule has 90 valence electrons. The van der Waals surface area contributed by atoms with Crippen LogP contribution in [0.4, 0.5) is 10.5 Å². The molecule has 0 spiro atoms. The number of urea groups is 1. The van der Waals surface area contributed by atoms with E-state index in [1.807, 2.05) is 24.3 Å². The van der Waals surface area contributed by atoms with Crippen molar-refractivity contribution in [3.05, 3.63) is 29.8 Å². The molecule has 0 fully saturated rings. The highest BCUT2D eigenvalue weighted by atomic mass is 16.2. The second kappa shape index (κ2) is 4.45. The molecule has 1 heterocycles. The predicted octanol–water partition coefficient (Wildman–Crippen LogP) is 0.633. The molecule has 1 aromatic carbocycles. The van der Waals surface area contributed by atoms with Crippen molar-refractivity contribution in [3.63, 3.8) is 0 Å². The minimum atomic E-state index is -0.682. The van der Waals surface area contributed by atoms with E-state index in [1.165, 1.54) is 0 Å². The Morgan fingerprint density at radius 3 is 2.82 bits per heavy atom. The van der Waals surface area contributed by atoms with Crippen LogP contribution in [0.5, 0.6) is 0 Å². The summed E-state index contributed by atoms with van der Waals surface area (Å²) in [5.41, 5.74) is 7.09. The van der Waals surface area contributed by atoms with Crippen LogP contribution in [-0.2, 0) is 11.2 Å². The van der Waals surface area contributed by atoms with Crippen molar-refractivity contribution in [1.82, 2.24) is 5.32 Å². The van der Waals surface area contributed by atoms with Crippen LogP contribution in [0.25, 0.3) is 0 Å². The number of nitrogens with two attached hydrogens (primary N) is 1. The molecule has 5 nitrogen and oxygen atoms in total. The highest BCUT2D eigenvalue weighted by Gasteiger charge is 2.27. The lowest BCUT2D eigenvalue weighted by Gasteiger charge is -2.21. The number of carbonyl (C=O) groups is 2. The normalized spacial score (nSPS) is 15.2. The number of fused-ring (bicyclic) bond motifs is 1. The van der Waals surface area contributed by atoms with Gasteiger partial charge in [0.05, 0.1) is 0 Å². The lowest BCUT2D eigenvalue weighted by Crippen LogP contribution is -2.48. The number of carbonyl (C=O) groups excluding carboxylic acids is 2. The van der Waals surface area contributed by atoms with Gasteiger partial charge in [0.1, 0.15) is 6.04 Å². The SMILES string of the molecule is C[C@@H](NC(N)=O)C(=O)N1CCc2ccccc21. The van der Waals surface area contributed by atoms with Gasteiger partial charge in [0.2, 0.25) is 5.91 Å². The van der Waals surface area contributed by atoms with Gasteiger partial charge in [-0.3, -0.25) is 4.79 Å². The Hall–Kier alpha value is -2.04. The van der Waals surface area contributed by atoms with E-state index in [0.29, 0.717) is 6.54 Å². The number of rotatable bonds is 2. The quantitative estimate of drug-likeness (QED) is 0.786. The Kier molecular flexibility index (Phi) is 2.99. The number of anilines is 1. The highest BCUT2D eigenvalue weighted by Crippen LogP contribution is 2.27. The number of para-hydroxylation sites is 1. The summed E-state index contributed by atoms with van der Waals surface area (Å²) >= 11 is 0. The Morgan fingerprint density at radius 2 is 2.12 bits per heavy atom. The molecular weight excluding hydrogens is 218 g/mol. The van der Waals surface area contributed by atoms with E-state index in [4.69, 9.17) is 5.73 Å². The molecule has 0 aromatic heterocycles. The summed E-state index contributed by atoms with van der Waals surface area (Å²) in [5, 5.41) is 2.40. The van der Waals surface area contributed by atoms with E-state index < -0.39 is 12.1 Å². The molecular formula is C12H15N3O2. The third-order valence-corrected chi connectivity index (χ3v) is 2.88. The fourth-order valence-corrected chi connectivity index (χ4v) is 2.08. The van der Waals surface area contributed by atoms with Gasteiger partial charge in [-0.15, -0.1) is 0 Å². The summed E-state index contributed by atoms with van der Waals surface area (Å²) in [4.78, 5) is 24.5. The Balaban J connectivity index is 2.15. The number of hydrogen-bond donors (Lipinski definition) is 2. The second-order valence-corrected chi connectivity index (χ2v) is 4.10. The van der Waals surface area contributed by atoms with Gasteiger partial charge < -0.3 is 16.0 Å². The molecule has 5 heteroatoms. The maximum absolute atomic E-state index is 12.1. The molecule has 0 unspecified atom stereocenters. The Labute approximate surface area is 99.6 Å². The second-order valence-electron chi connectivity index (χ2n) is 4.10. The number of nitrogens with zero attached hydrogens (tertiary/aromatic N) is 1. The summed E-state index contributed by atoms with van der Waals surface area (Å²) in [6.07, 6.45) is 0.852. The van der Waals surface area contributed by atoms with Crippen molar-refractivity contribution < 1.29 is 9.59 Å². The first-order valence-electron chi connectivity index (χ1n) is 5.55. The summed E-state index contributed by atoms with van der Waals surface area (Å²) in [5.74, 6) is -0.131.